The summed E-state index contributed by atoms with van der Waals surface area (Å²) < 4.78 is 6.92. The van der Waals surface area contributed by atoms with E-state index in [2.05, 4.69) is 40.6 Å². The minimum Gasteiger partial charge on any atom is -0.463 e. The number of benzene rings is 1. The Morgan fingerprint density at radius 2 is 1.96 bits per heavy atom. The van der Waals surface area contributed by atoms with E-state index in [1.165, 1.54) is 0 Å². The smallest absolute Gasteiger partial charge is 0.338 e. The van der Waals surface area contributed by atoms with Crippen LogP contribution in [0.3, 0.4) is 0 Å². The van der Waals surface area contributed by atoms with Crippen LogP contribution in [0.25, 0.3) is 0 Å². The Balaban J connectivity index is 2.02. The second-order valence-corrected chi connectivity index (χ2v) is 12.6. The number of rotatable bonds is 6. The summed E-state index contributed by atoms with van der Waals surface area (Å²) in [6.45, 7) is 8.77. The highest BCUT2D eigenvalue weighted by Gasteiger charge is 2.34. The van der Waals surface area contributed by atoms with E-state index in [9.17, 15) is 9.59 Å². The average Bonchev–Trinajstić information content (AvgIpc) is 3.11. The van der Waals surface area contributed by atoms with Crippen LogP contribution in [0.4, 0.5) is 4.79 Å². The molecule has 1 aliphatic heterocycles. The lowest BCUT2D eigenvalue weighted by Crippen LogP contribution is -2.47. The standard InChI is InChI=1S/C19H25N5O3Si/c1-5-27-18(25)16-14(11-24-12-15(22-23-24)28(2,3)4)20-19(26)21-17(16)13-9-7-6-8-10-13/h6-10,12,17H,5,11H2,1-4H3,(H2,20,21,26). The van der Waals surface area contributed by atoms with E-state index in [-0.39, 0.29) is 19.2 Å². The minimum atomic E-state index is -1.61. The summed E-state index contributed by atoms with van der Waals surface area (Å²) in [6.07, 6.45) is 1.88. The van der Waals surface area contributed by atoms with Crippen molar-refractivity contribution in [2.75, 3.05) is 6.61 Å². The van der Waals surface area contributed by atoms with Crippen molar-refractivity contribution in [1.29, 1.82) is 0 Å². The molecule has 0 bridgehead atoms. The van der Waals surface area contributed by atoms with E-state index in [0.29, 0.717) is 11.3 Å². The Morgan fingerprint density at radius 3 is 2.57 bits per heavy atom. The summed E-state index contributed by atoms with van der Waals surface area (Å²) in [7, 11) is -1.61. The van der Waals surface area contributed by atoms with Crippen LogP contribution in [0.5, 0.6) is 0 Å². The van der Waals surface area contributed by atoms with Gasteiger partial charge in [-0.05, 0) is 12.5 Å². The predicted octanol–water partition coefficient (Wildman–Crippen LogP) is 1.69. The van der Waals surface area contributed by atoms with Gasteiger partial charge in [-0.25, -0.2) is 14.3 Å². The second-order valence-electron chi connectivity index (χ2n) is 7.61. The molecule has 0 spiro atoms. The lowest BCUT2D eigenvalue weighted by Gasteiger charge is -2.29. The number of allylic oxidation sites excluding steroid dienone is 1. The van der Waals surface area contributed by atoms with E-state index in [1.54, 1.807) is 11.6 Å². The number of hydrogen-bond acceptors (Lipinski definition) is 5. The molecule has 0 aliphatic carbocycles. The molecule has 0 saturated heterocycles. The fraction of sp³-hybridized carbons (Fsp3) is 0.368. The van der Waals surface area contributed by atoms with Gasteiger partial charge in [-0.2, -0.15) is 0 Å². The Kier molecular flexibility index (Phi) is 5.64. The van der Waals surface area contributed by atoms with Crippen molar-refractivity contribution in [3.05, 3.63) is 53.4 Å². The molecule has 2 amide bonds. The number of carbonyl (C=O) groups is 2. The van der Waals surface area contributed by atoms with Crippen molar-refractivity contribution in [2.45, 2.75) is 39.2 Å². The third-order valence-electron chi connectivity index (χ3n) is 4.41. The maximum Gasteiger partial charge on any atom is 0.338 e. The van der Waals surface area contributed by atoms with E-state index in [1.807, 2.05) is 36.5 Å². The molecule has 0 radical (unpaired) electrons. The summed E-state index contributed by atoms with van der Waals surface area (Å²) in [6, 6.07) is 8.38. The predicted molar refractivity (Wildman–Crippen MR) is 108 cm³/mol. The van der Waals surface area contributed by atoms with Gasteiger partial charge in [0.25, 0.3) is 0 Å². The lowest BCUT2D eigenvalue weighted by atomic mass is 9.95. The zero-order valence-electron chi connectivity index (χ0n) is 16.5. The van der Waals surface area contributed by atoms with Crippen LogP contribution in [0, 0.1) is 0 Å². The first-order valence-electron chi connectivity index (χ1n) is 9.23. The molecule has 1 atom stereocenters. The molecule has 0 fully saturated rings. The maximum absolute atomic E-state index is 12.7. The van der Waals surface area contributed by atoms with E-state index in [4.69, 9.17) is 4.74 Å². The van der Waals surface area contributed by atoms with Gasteiger partial charge >= 0.3 is 12.0 Å². The molecule has 1 aliphatic rings. The van der Waals surface area contributed by atoms with Gasteiger partial charge < -0.3 is 15.4 Å². The largest absolute Gasteiger partial charge is 0.463 e. The molecular weight excluding hydrogens is 374 g/mol. The molecule has 9 heteroatoms. The van der Waals surface area contributed by atoms with Gasteiger partial charge in [-0.1, -0.05) is 55.2 Å². The molecule has 1 aromatic carbocycles. The average molecular weight is 400 g/mol. The molecule has 1 aromatic heterocycles. The Hall–Kier alpha value is -2.94. The third-order valence-corrected chi connectivity index (χ3v) is 6.18. The molecular formula is C19H25N5O3Si. The Bertz CT molecular complexity index is 902. The summed E-state index contributed by atoms with van der Waals surface area (Å²) in [5, 5.41) is 15.0. The van der Waals surface area contributed by atoms with Crippen molar-refractivity contribution in [3.8, 4) is 0 Å². The number of ether oxygens (including phenoxy) is 1. The quantitative estimate of drug-likeness (QED) is 0.569. The molecule has 2 N–H and O–H groups in total. The highest BCUT2D eigenvalue weighted by atomic mass is 28.3. The van der Waals surface area contributed by atoms with Crippen molar-refractivity contribution in [3.63, 3.8) is 0 Å². The van der Waals surface area contributed by atoms with Gasteiger partial charge in [0.2, 0.25) is 0 Å². The van der Waals surface area contributed by atoms with Gasteiger partial charge in [-0.3, -0.25) is 0 Å². The Labute approximate surface area is 165 Å². The van der Waals surface area contributed by atoms with Gasteiger partial charge in [0.05, 0.1) is 35.8 Å². The summed E-state index contributed by atoms with van der Waals surface area (Å²) in [5.74, 6) is -0.468. The number of hydrogen-bond donors (Lipinski definition) is 2. The topological polar surface area (TPSA) is 98.1 Å². The molecule has 2 aromatic rings. The third kappa shape index (κ3) is 4.30. The van der Waals surface area contributed by atoms with Crippen molar-refractivity contribution in [1.82, 2.24) is 25.6 Å². The highest BCUT2D eigenvalue weighted by molar-refractivity contribution is 6.88. The number of carbonyl (C=O) groups excluding carboxylic acids is 2. The molecule has 148 valence electrons. The fourth-order valence-electron chi connectivity index (χ4n) is 2.97. The lowest BCUT2D eigenvalue weighted by molar-refractivity contribution is -0.139. The van der Waals surface area contributed by atoms with Crippen molar-refractivity contribution in [2.24, 2.45) is 0 Å². The number of aromatic nitrogens is 3. The van der Waals surface area contributed by atoms with Crippen LogP contribution in [0.2, 0.25) is 19.6 Å². The van der Waals surface area contributed by atoms with Crippen LogP contribution in [0.1, 0.15) is 18.5 Å². The van der Waals surface area contributed by atoms with Gasteiger partial charge in [-0.15, -0.1) is 5.10 Å². The molecule has 28 heavy (non-hydrogen) atoms. The molecule has 8 nitrogen and oxygen atoms in total. The summed E-state index contributed by atoms with van der Waals surface area (Å²) >= 11 is 0. The number of nitrogens with one attached hydrogen (secondary N) is 2. The van der Waals surface area contributed by atoms with Crippen LogP contribution in [-0.2, 0) is 16.1 Å². The van der Waals surface area contributed by atoms with Gasteiger partial charge in [0.15, 0.2) is 0 Å². The van der Waals surface area contributed by atoms with Crippen LogP contribution in [-0.4, -0.2) is 41.7 Å². The molecule has 0 saturated carbocycles. The first-order valence-corrected chi connectivity index (χ1v) is 12.7. The first-order chi connectivity index (χ1) is 13.3. The minimum absolute atomic E-state index is 0.225. The van der Waals surface area contributed by atoms with Crippen molar-refractivity contribution >= 4 is 25.4 Å². The number of urea groups is 1. The normalized spacial score (nSPS) is 17.1. The molecule has 1 unspecified atom stereocenters. The summed E-state index contributed by atoms with van der Waals surface area (Å²) in [4.78, 5) is 25.0. The zero-order chi connectivity index (χ0) is 20.3. The number of esters is 1. The van der Waals surface area contributed by atoms with Crippen LogP contribution in [0.15, 0.2) is 47.8 Å². The second kappa shape index (κ2) is 7.97. The summed E-state index contributed by atoms with van der Waals surface area (Å²) in [5.41, 5.74) is 1.64. The van der Waals surface area contributed by atoms with Crippen LogP contribution < -0.4 is 16.0 Å². The Morgan fingerprint density at radius 1 is 1.25 bits per heavy atom. The van der Waals surface area contributed by atoms with E-state index < -0.39 is 20.1 Å². The zero-order valence-corrected chi connectivity index (χ0v) is 17.5. The SMILES string of the molecule is CCOC(=O)C1=C(Cn2cc([Si](C)(C)C)nn2)NC(=O)NC1c1ccccc1. The maximum atomic E-state index is 12.7. The first kappa shape index (κ1) is 19.8. The fourth-order valence-corrected chi connectivity index (χ4v) is 3.85. The van der Waals surface area contributed by atoms with Gasteiger partial charge in [0, 0.05) is 6.20 Å². The van der Waals surface area contributed by atoms with Crippen LogP contribution >= 0.6 is 0 Å². The number of amides is 2. The monoisotopic (exact) mass is 399 g/mol. The van der Waals surface area contributed by atoms with E-state index >= 15 is 0 Å². The number of nitrogens with zero attached hydrogens (tertiary/aromatic N) is 3. The van der Waals surface area contributed by atoms with Gasteiger partial charge in [0.1, 0.15) is 8.07 Å². The van der Waals surface area contributed by atoms with E-state index in [0.717, 1.165) is 10.9 Å². The molecule has 3 rings (SSSR count). The van der Waals surface area contributed by atoms with Crippen molar-refractivity contribution < 1.29 is 14.3 Å². The highest BCUT2D eigenvalue weighted by Crippen LogP contribution is 2.28. The molecule has 2 heterocycles.